The average molecular weight is 430 g/mol. The summed E-state index contributed by atoms with van der Waals surface area (Å²) in [6.45, 7) is 3.94. The fourth-order valence-electron chi connectivity index (χ4n) is 3.09. The van der Waals surface area contributed by atoms with Crippen LogP contribution >= 0.6 is 23.2 Å². The van der Waals surface area contributed by atoms with Crippen molar-refractivity contribution in [3.05, 3.63) is 81.1 Å². The van der Waals surface area contributed by atoms with Crippen LogP contribution in [-0.2, 0) is 11.2 Å². The van der Waals surface area contributed by atoms with Gasteiger partial charge in [0.25, 0.3) is 0 Å². The molecule has 2 aromatic carbocycles. The molecule has 1 N–H and O–H groups in total. The van der Waals surface area contributed by atoms with E-state index >= 15 is 0 Å². The normalized spacial score (nSPS) is 11.1. The van der Waals surface area contributed by atoms with Crippen molar-refractivity contribution in [1.82, 2.24) is 9.99 Å². The van der Waals surface area contributed by atoms with Gasteiger partial charge in [0.1, 0.15) is 5.75 Å². The summed E-state index contributed by atoms with van der Waals surface area (Å²) in [5.41, 5.74) is 7.06. The van der Waals surface area contributed by atoms with Crippen LogP contribution in [0.1, 0.15) is 22.5 Å². The summed E-state index contributed by atoms with van der Waals surface area (Å²) in [6.07, 6.45) is 1.86. The zero-order chi connectivity index (χ0) is 21.0. The Labute approximate surface area is 179 Å². The molecule has 0 saturated carbocycles. The summed E-state index contributed by atoms with van der Waals surface area (Å²) in [6, 6.07) is 14.7. The number of nitrogens with one attached hydrogen (secondary N) is 1. The third kappa shape index (κ3) is 5.00. The van der Waals surface area contributed by atoms with Crippen molar-refractivity contribution in [3.63, 3.8) is 0 Å². The van der Waals surface area contributed by atoms with Crippen molar-refractivity contribution in [2.75, 3.05) is 7.11 Å². The number of carbonyl (C=O) groups excluding carboxylic acids is 1. The van der Waals surface area contributed by atoms with Crippen LogP contribution in [0.3, 0.4) is 0 Å². The summed E-state index contributed by atoms with van der Waals surface area (Å²) in [5, 5.41) is 5.31. The van der Waals surface area contributed by atoms with Crippen molar-refractivity contribution in [2.24, 2.45) is 5.10 Å². The summed E-state index contributed by atoms with van der Waals surface area (Å²) in [4.78, 5) is 12.1. The summed E-state index contributed by atoms with van der Waals surface area (Å²) in [5.74, 6) is 0.556. The zero-order valence-electron chi connectivity index (χ0n) is 16.4. The van der Waals surface area contributed by atoms with E-state index in [1.807, 2.05) is 54.8 Å². The molecular formula is C22H21Cl2N3O2. The lowest BCUT2D eigenvalue weighted by Crippen LogP contribution is -2.19. The smallest absolute Gasteiger partial charge is 0.244 e. The third-order valence-corrected chi connectivity index (χ3v) is 5.09. The molecular weight excluding hydrogens is 409 g/mol. The van der Waals surface area contributed by atoms with Gasteiger partial charge in [-0.1, -0.05) is 35.3 Å². The molecule has 7 heteroatoms. The molecule has 0 aliphatic rings. The van der Waals surface area contributed by atoms with Gasteiger partial charge in [-0.25, -0.2) is 5.43 Å². The largest absolute Gasteiger partial charge is 0.497 e. The Hall–Kier alpha value is -2.76. The number of carbonyl (C=O) groups is 1. The molecule has 0 atom stereocenters. The standard InChI is InChI=1S/C22H21Cl2N3O2/c1-14-10-17(15(2)27(14)21-12-18(23)6-9-20(21)24)13-25-26-22(28)11-16-4-7-19(29-3)8-5-16/h4-10,12-13H,11H2,1-3H3,(H,26,28)/b25-13-. The topological polar surface area (TPSA) is 55.6 Å². The van der Waals surface area contributed by atoms with Gasteiger partial charge in [0.05, 0.1) is 30.5 Å². The number of rotatable bonds is 6. The molecule has 29 heavy (non-hydrogen) atoms. The number of hydrogen-bond acceptors (Lipinski definition) is 3. The maximum atomic E-state index is 12.1. The Balaban J connectivity index is 1.71. The SMILES string of the molecule is COc1ccc(CC(=O)N/N=C\c2cc(C)n(-c3cc(Cl)ccc3Cl)c2C)cc1. The number of halogens is 2. The molecule has 5 nitrogen and oxygen atoms in total. The van der Waals surface area contributed by atoms with E-state index < -0.39 is 0 Å². The van der Waals surface area contributed by atoms with Gasteiger partial charge in [-0.15, -0.1) is 0 Å². The highest BCUT2D eigenvalue weighted by molar-refractivity contribution is 6.34. The van der Waals surface area contributed by atoms with Gasteiger partial charge < -0.3 is 9.30 Å². The lowest BCUT2D eigenvalue weighted by molar-refractivity contribution is -0.120. The first kappa shape index (κ1) is 21.0. The van der Waals surface area contributed by atoms with Crippen LogP contribution in [0.2, 0.25) is 10.0 Å². The van der Waals surface area contributed by atoms with Gasteiger partial charge in [0, 0.05) is 22.0 Å². The first-order valence-corrected chi connectivity index (χ1v) is 9.74. The number of ether oxygens (including phenoxy) is 1. The van der Waals surface area contributed by atoms with Crippen molar-refractivity contribution >= 4 is 35.3 Å². The minimum absolute atomic E-state index is 0.196. The van der Waals surface area contributed by atoms with E-state index in [1.54, 1.807) is 25.5 Å². The molecule has 1 aromatic heterocycles. The van der Waals surface area contributed by atoms with Gasteiger partial charge in [-0.3, -0.25) is 4.79 Å². The molecule has 3 aromatic rings. The van der Waals surface area contributed by atoms with Gasteiger partial charge in [-0.2, -0.15) is 5.10 Å². The number of methoxy groups -OCH3 is 1. The van der Waals surface area contributed by atoms with E-state index in [9.17, 15) is 4.79 Å². The predicted octanol–water partition coefficient (Wildman–Crippen LogP) is 5.10. The number of aryl methyl sites for hydroxylation is 1. The molecule has 150 valence electrons. The van der Waals surface area contributed by atoms with E-state index in [1.165, 1.54) is 0 Å². The van der Waals surface area contributed by atoms with Crippen molar-refractivity contribution in [1.29, 1.82) is 0 Å². The van der Waals surface area contributed by atoms with E-state index in [0.29, 0.717) is 10.0 Å². The van der Waals surface area contributed by atoms with Crippen molar-refractivity contribution in [3.8, 4) is 11.4 Å². The summed E-state index contributed by atoms with van der Waals surface area (Å²) >= 11 is 12.5. The van der Waals surface area contributed by atoms with E-state index in [-0.39, 0.29) is 12.3 Å². The quantitative estimate of drug-likeness (QED) is 0.437. The molecule has 0 spiro atoms. The molecule has 0 unspecified atom stereocenters. The second-order valence-electron chi connectivity index (χ2n) is 6.58. The van der Waals surface area contributed by atoms with Crippen LogP contribution in [0, 0.1) is 13.8 Å². The highest BCUT2D eigenvalue weighted by Crippen LogP contribution is 2.28. The van der Waals surface area contributed by atoms with Crippen LogP contribution in [0.4, 0.5) is 0 Å². The molecule has 1 heterocycles. The Kier molecular flexibility index (Phi) is 6.62. The number of aromatic nitrogens is 1. The van der Waals surface area contributed by atoms with E-state index in [4.69, 9.17) is 27.9 Å². The predicted molar refractivity (Wildman–Crippen MR) is 118 cm³/mol. The molecule has 1 amide bonds. The Morgan fingerprint density at radius 3 is 2.55 bits per heavy atom. The van der Waals surface area contributed by atoms with Gasteiger partial charge in [-0.05, 0) is 55.8 Å². The van der Waals surface area contributed by atoms with Crippen LogP contribution in [-0.4, -0.2) is 23.8 Å². The lowest BCUT2D eigenvalue weighted by atomic mass is 10.1. The van der Waals surface area contributed by atoms with Crippen molar-refractivity contribution < 1.29 is 9.53 Å². The Morgan fingerprint density at radius 1 is 1.14 bits per heavy atom. The summed E-state index contributed by atoms with van der Waals surface area (Å²) in [7, 11) is 1.60. The molecule has 0 fully saturated rings. The minimum Gasteiger partial charge on any atom is -0.497 e. The second kappa shape index (κ2) is 9.16. The fourth-order valence-corrected chi connectivity index (χ4v) is 3.46. The van der Waals surface area contributed by atoms with Crippen LogP contribution in [0.5, 0.6) is 5.75 Å². The zero-order valence-corrected chi connectivity index (χ0v) is 17.9. The molecule has 3 rings (SSSR count). The minimum atomic E-state index is -0.196. The number of hydrazone groups is 1. The first-order valence-electron chi connectivity index (χ1n) is 8.98. The lowest BCUT2D eigenvalue weighted by Gasteiger charge is -2.12. The van der Waals surface area contributed by atoms with Crippen LogP contribution in [0.15, 0.2) is 53.6 Å². The number of nitrogens with zero attached hydrogens (tertiary/aromatic N) is 2. The molecule has 0 aliphatic carbocycles. The molecule has 0 saturated heterocycles. The van der Waals surface area contributed by atoms with E-state index in [0.717, 1.165) is 34.0 Å². The first-order chi connectivity index (χ1) is 13.9. The number of amides is 1. The van der Waals surface area contributed by atoms with Crippen LogP contribution in [0.25, 0.3) is 5.69 Å². The molecule has 0 aliphatic heterocycles. The number of hydrogen-bond donors (Lipinski definition) is 1. The molecule has 0 radical (unpaired) electrons. The second-order valence-corrected chi connectivity index (χ2v) is 7.42. The number of benzene rings is 2. The van der Waals surface area contributed by atoms with Gasteiger partial charge >= 0.3 is 0 Å². The Bertz CT molecular complexity index is 1060. The van der Waals surface area contributed by atoms with E-state index in [2.05, 4.69) is 10.5 Å². The fraction of sp³-hybridized carbons (Fsp3) is 0.182. The highest BCUT2D eigenvalue weighted by atomic mass is 35.5. The maximum absolute atomic E-state index is 12.1. The van der Waals surface area contributed by atoms with Crippen LogP contribution < -0.4 is 10.2 Å². The highest BCUT2D eigenvalue weighted by Gasteiger charge is 2.13. The van der Waals surface area contributed by atoms with Crippen molar-refractivity contribution in [2.45, 2.75) is 20.3 Å². The average Bonchev–Trinajstić information content (AvgIpc) is 2.98. The third-order valence-electron chi connectivity index (χ3n) is 4.54. The maximum Gasteiger partial charge on any atom is 0.244 e. The Morgan fingerprint density at radius 2 is 1.86 bits per heavy atom. The van der Waals surface area contributed by atoms with Gasteiger partial charge in [0.15, 0.2) is 0 Å². The van der Waals surface area contributed by atoms with Gasteiger partial charge in [0.2, 0.25) is 5.91 Å². The monoisotopic (exact) mass is 429 g/mol. The summed E-state index contributed by atoms with van der Waals surface area (Å²) < 4.78 is 7.12. The molecule has 0 bridgehead atoms.